The second-order valence-corrected chi connectivity index (χ2v) is 6.69. The van der Waals surface area contributed by atoms with Crippen LogP contribution < -0.4 is 0 Å². The molecule has 1 aromatic heterocycles. The number of carboxylic acid groups (broad SMARTS) is 1. The lowest BCUT2D eigenvalue weighted by Gasteiger charge is -2.30. The maximum atomic E-state index is 11.1. The molecule has 1 aromatic rings. The van der Waals surface area contributed by atoms with Crippen molar-refractivity contribution < 1.29 is 14.6 Å². The molecule has 2 rings (SSSR count). The highest BCUT2D eigenvalue weighted by Crippen LogP contribution is 2.33. The Morgan fingerprint density at radius 3 is 2.86 bits per heavy atom. The van der Waals surface area contributed by atoms with Gasteiger partial charge in [0.2, 0.25) is 0 Å². The molecule has 118 valence electrons. The van der Waals surface area contributed by atoms with Crippen LogP contribution in [-0.2, 0) is 16.0 Å². The standard InChI is InChI=1S/C14H24N4O3/c1-14(2,3)11(9-13(19)20)18-12(15-16-17-18)7-6-10-5-4-8-21-10/h10-11H,4-9H2,1-3H3,(H,19,20). The highest BCUT2D eigenvalue weighted by Gasteiger charge is 2.31. The molecule has 0 aliphatic carbocycles. The predicted molar refractivity (Wildman–Crippen MR) is 75.9 cm³/mol. The van der Waals surface area contributed by atoms with Crippen LogP contribution in [0.3, 0.4) is 0 Å². The van der Waals surface area contributed by atoms with Gasteiger partial charge in [-0.1, -0.05) is 20.8 Å². The summed E-state index contributed by atoms with van der Waals surface area (Å²) in [6.45, 7) is 6.85. The third-order valence-corrected chi connectivity index (χ3v) is 3.94. The molecule has 2 atom stereocenters. The molecule has 0 spiro atoms. The van der Waals surface area contributed by atoms with Gasteiger partial charge < -0.3 is 9.84 Å². The molecule has 0 amide bonds. The molecule has 0 radical (unpaired) electrons. The van der Waals surface area contributed by atoms with E-state index in [1.807, 2.05) is 20.8 Å². The van der Waals surface area contributed by atoms with E-state index in [4.69, 9.17) is 9.84 Å². The number of nitrogens with zero attached hydrogens (tertiary/aromatic N) is 4. The van der Waals surface area contributed by atoms with Crippen LogP contribution in [0.15, 0.2) is 0 Å². The molecular formula is C14H24N4O3. The van der Waals surface area contributed by atoms with Gasteiger partial charge in [0, 0.05) is 13.0 Å². The van der Waals surface area contributed by atoms with E-state index in [-0.39, 0.29) is 24.0 Å². The first kappa shape index (κ1) is 15.9. The zero-order valence-corrected chi connectivity index (χ0v) is 12.9. The summed E-state index contributed by atoms with van der Waals surface area (Å²) < 4.78 is 7.30. The summed E-state index contributed by atoms with van der Waals surface area (Å²) in [4.78, 5) is 11.1. The van der Waals surface area contributed by atoms with Crippen LogP contribution in [0.4, 0.5) is 0 Å². The third-order valence-electron chi connectivity index (χ3n) is 3.94. The van der Waals surface area contributed by atoms with Gasteiger partial charge in [-0.05, 0) is 35.1 Å². The average molecular weight is 296 g/mol. The van der Waals surface area contributed by atoms with Crippen LogP contribution in [0, 0.1) is 5.41 Å². The zero-order chi connectivity index (χ0) is 15.5. The molecule has 1 saturated heterocycles. The number of carbonyl (C=O) groups is 1. The summed E-state index contributed by atoms with van der Waals surface area (Å²) >= 11 is 0. The molecular weight excluding hydrogens is 272 g/mol. The molecule has 1 fully saturated rings. The van der Waals surface area contributed by atoms with Crippen LogP contribution in [0.2, 0.25) is 0 Å². The van der Waals surface area contributed by atoms with Gasteiger partial charge in [-0.15, -0.1) is 5.10 Å². The second kappa shape index (κ2) is 6.51. The molecule has 0 bridgehead atoms. The number of rotatable bonds is 6. The summed E-state index contributed by atoms with van der Waals surface area (Å²) in [5.41, 5.74) is -0.230. The maximum Gasteiger partial charge on any atom is 0.305 e. The Morgan fingerprint density at radius 2 is 2.29 bits per heavy atom. The van der Waals surface area contributed by atoms with E-state index in [0.29, 0.717) is 6.42 Å². The quantitative estimate of drug-likeness (QED) is 0.861. The molecule has 21 heavy (non-hydrogen) atoms. The van der Waals surface area contributed by atoms with Crippen LogP contribution >= 0.6 is 0 Å². The monoisotopic (exact) mass is 296 g/mol. The van der Waals surface area contributed by atoms with Gasteiger partial charge in [-0.3, -0.25) is 4.79 Å². The van der Waals surface area contributed by atoms with E-state index in [9.17, 15) is 4.79 Å². The fourth-order valence-electron chi connectivity index (χ4n) is 2.71. The molecule has 2 unspecified atom stereocenters. The van der Waals surface area contributed by atoms with Gasteiger partial charge in [0.15, 0.2) is 5.82 Å². The normalized spacial score (nSPS) is 20.6. The Bertz CT molecular complexity index is 475. The molecule has 1 N–H and O–H groups in total. The number of carboxylic acids is 1. The summed E-state index contributed by atoms with van der Waals surface area (Å²) in [5.74, 6) is -0.0952. The van der Waals surface area contributed by atoms with E-state index in [2.05, 4.69) is 15.5 Å². The minimum absolute atomic E-state index is 0.0153. The Balaban J connectivity index is 2.10. The first-order valence-corrected chi connectivity index (χ1v) is 7.48. The fourth-order valence-corrected chi connectivity index (χ4v) is 2.71. The van der Waals surface area contributed by atoms with Gasteiger partial charge >= 0.3 is 5.97 Å². The fraction of sp³-hybridized carbons (Fsp3) is 0.857. The van der Waals surface area contributed by atoms with Crippen molar-refractivity contribution in [3.8, 4) is 0 Å². The van der Waals surface area contributed by atoms with Gasteiger partial charge in [-0.25, -0.2) is 4.68 Å². The summed E-state index contributed by atoms with van der Waals surface area (Å²) in [6, 6.07) is -0.260. The number of aryl methyl sites for hydroxylation is 1. The van der Waals surface area contributed by atoms with Gasteiger partial charge in [0.05, 0.1) is 18.6 Å². The highest BCUT2D eigenvalue weighted by atomic mass is 16.5. The lowest BCUT2D eigenvalue weighted by Crippen LogP contribution is -2.29. The van der Waals surface area contributed by atoms with Crippen molar-refractivity contribution in [2.45, 2.75) is 65.0 Å². The topological polar surface area (TPSA) is 90.1 Å². The molecule has 0 aromatic carbocycles. The Morgan fingerprint density at radius 1 is 1.52 bits per heavy atom. The Kier molecular flexibility index (Phi) is 4.92. The number of hydrogen-bond acceptors (Lipinski definition) is 5. The first-order valence-electron chi connectivity index (χ1n) is 7.48. The smallest absolute Gasteiger partial charge is 0.305 e. The first-order chi connectivity index (χ1) is 9.88. The van der Waals surface area contributed by atoms with Crippen molar-refractivity contribution in [3.05, 3.63) is 5.82 Å². The van der Waals surface area contributed by atoms with E-state index in [0.717, 1.165) is 31.7 Å². The number of tetrazole rings is 1. The van der Waals surface area contributed by atoms with Crippen molar-refractivity contribution >= 4 is 5.97 Å². The molecule has 0 saturated carbocycles. The maximum absolute atomic E-state index is 11.1. The van der Waals surface area contributed by atoms with Gasteiger partial charge in [-0.2, -0.15) is 0 Å². The summed E-state index contributed by atoms with van der Waals surface area (Å²) in [7, 11) is 0. The lowest BCUT2D eigenvalue weighted by molar-refractivity contribution is -0.138. The van der Waals surface area contributed by atoms with E-state index in [1.165, 1.54) is 0 Å². The second-order valence-electron chi connectivity index (χ2n) is 6.69. The van der Waals surface area contributed by atoms with Crippen LogP contribution in [0.5, 0.6) is 0 Å². The number of hydrogen-bond donors (Lipinski definition) is 1. The number of aliphatic carboxylic acids is 1. The third kappa shape index (κ3) is 4.23. The lowest BCUT2D eigenvalue weighted by atomic mass is 9.84. The molecule has 7 nitrogen and oxygen atoms in total. The predicted octanol–water partition coefficient (Wildman–Crippen LogP) is 1.85. The molecule has 2 heterocycles. The minimum Gasteiger partial charge on any atom is -0.481 e. The summed E-state index contributed by atoms with van der Waals surface area (Å²) in [6.07, 6.45) is 4.08. The van der Waals surface area contributed by atoms with Crippen molar-refractivity contribution in [1.29, 1.82) is 0 Å². The molecule has 7 heteroatoms. The highest BCUT2D eigenvalue weighted by molar-refractivity contribution is 5.67. The van der Waals surface area contributed by atoms with E-state index < -0.39 is 5.97 Å². The largest absolute Gasteiger partial charge is 0.481 e. The minimum atomic E-state index is -0.837. The molecule has 1 aliphatic heterocycles. The van der Waals surface area contributed by atoms with Gasteiger partial charge in [0.25, 0.3) is 0 Å². The van der Waals surface area contributed by atoms with Gasteiger partial charge in [0.1, 0.15) is 0 Å². The number of ether oxygens (including phenoxy) is 1. The SMILES string of the molecule is CC(C)(C)C(CC(=O)O)n1nnnc1CCC1CCCO1. The van der Waals surface area contributed by atoms with Crippen LogP contribution in [0.1, 0.15) is 58.3 Å². The van der Waals surface area contributed by atoms with Crippen LogP contribution in [0.25, 0.3) is 0 Å². The Hall–Kier alpha value is -1.50. The van der Waals surface area contributed by atoms with Crippen LogP contribution in [-0.4, -0.2) is 44.0 Å². The van der Waals surface area contributed by atoms with E-state index in [1.54, 1.807) is 4.68 Å². The number of aromatic nitrogens is 4. The summed E-state index contributed by atoms with van der Waals surface area (Å²) in [5, 5.41) is 21.0. The average Bonchev–Trinajstić information content (AvgIpc) is 3.03. The zero-order valence-electron chi connectivity index (χ0n) is 12.9. The van der Waals surface area contributed by atoms with Crippen molar-refractivity contribution in [2.75, 3.05) is 6.61 Å². The molecule has 1 aliphatic rings. The van der Waals surface area contributed by atoms with E-state index >= 15 is 0 Å². The Labute approximate surface area is 124 Å². The van der Waals surface area contributed by atoms with Crippen molar-refractivity contribution in [1.82, 2.24) is 20.2 Å². The van der Waals surface area contributed by atoms with Crippen molar-refractivity contribution in [2.24, 2.45) is 5.41 Å². The van der Waals surface area contributed by atoms with Crippen molar-refractivity contribution in [3.63, 3.8) is 0 Å².